The third-order valence-corrected chi connectivity index (χ3v) is 6.88. The molecule has 0 spiro atoms. The van der Waals surface area contributed by atoms with Crippen molar-refractivity contribution in [3.63, 3.8) is 0 Å². The maximum absolute atomic E-state index is 12.5. The van der Waals surface area contributed by atoms with E-state index in [0.29, 0.717) is 12.5 Å². The van der Waals surface area contributed by atoms with E-state index < -0.39 is 19.9 Å². The summed E-state index contributed by atoms with van der Waals surface area (Å²) in [7, 11) is -6.96. The molecule has 2 N–H and O–H groups in total. The number of rotatable bonds is 3. The average Bonchev–Trinajstić information content (AvgIpc) is 2.41. The quantitative estimate of drug-likeness (QED) is 0.866. The molecule has 1 heterocycles. The molecule has 0 aromatic heterocycles. The summed E-state index contributed by atoms with van der Waals surface area (Å²) < 4.78 is 49.2. The van der Waals surface area contributed by atoms with Crippen LogP contribution in [0.15, 0.2) is 34.1 Å². The smallest absolute Gasteiger partial charge is 0.243 e. The van der Waals surface area contributed by atoms with E-state index in [4.69, 9.17) is 5.73 Å². The predicted octanol–water partition coefficient (Wildman–Crippen LogP) is 0.448. The van der Waals surface area contributed by atoms with Crippen molar-refractivity contribution in [3.8, 4) is 0 Å². The van der Waals surface area contributed by atoms with E-state index in [1.807, 2.05) is 6.92 Å². The summed E-state index contributed by atoms with van der Waals surface area (Å²) in [6.07, 6.45) is 1.81. The Morgan fingerprint density at radius 2 is 1.62 bits per heavy atom. The number of hydrogen-bond acceptors (Lipinski definition) is 5. The SMILES string of the molecule is CC1CCN(S(=O)(=O)c2ccc(S(C)(=O)=O)cc2)CC1N. The van der Waals surface area contributed by atoms with Crippen molar-refractivity contribution in [3.05, 3.63) is 24.3 Å². The van der Waals surface area contributed by atoms with Gasteiger partial charge in [0.15, 0.2) is 9.84 Å². The summed E-state index contributed by atoms with van der Waals surface area (Å²) in [5.41, 5.74) is 5.94. The van der Waals surface area contributed by atoms with Crippen molar-refractivity contribution in [1.82, 2.24) is 4.31 Å². The highest BCUT2D eigenvalue weighted by atomic mass is 32.2. The van der Waals surface area contributed by atoms with Gasteiger partial charge in [-0.05, 0) is 36.6 Å². The molecule has 1 aliphatic heterocycles. The third kappa shape index (κ3) is 3.45. The largest absolute Gasteiger partial charge is 0.326 e. The van der Waals surface area contributed by atoms with Gasteiger partial charge in [-0.2, -0.15) is 4.31 Å². The van der Waals surface area contributed by atoms with Gasteiger partial charge in [0.1, 0.15) is 0 Å². The summed E-state index contributed by atoms with van der Waals surface area (Å²) in [4.78, 5) is 0.196. The Labute approximate surface area is 125 Å². The van der Waals surface area contributed by atoms with Crippen LogP contribution in [0.2, 0.25) is 0 Å². The van der Waals surface area contributed by atoms with E-state index in [2.05, 4.69) is 0 Å². The number of sulfonamides is 1. The molecule has 1 aliphatic rings. The van der Waals surface area contributed by atoms with Gasteiger partial charge < -0.3 is 5.73 Å². The monoisotopic (exact) mass is 332 g/mol. The first-order valence-electron chi connectivity index (χ1n) is 6.68. The predicted molar refractivity (Wildman–Crippen MR) is 80.1 cm³/mol. The van der Waals surface area contributed by atoms with Gasteiger partial charge in [-0.25, -0.2) is 16.8 Å². The van der Waals surface area contributed by atoms with Gasteiger partial charge in [0.05, 0.1) is 9.79 Å². The Morgan fingerprint density at radius 3 is 2.10 bits per heavy atom. The van der Waals surface area contributed by atoms with Crippen molar-refractivity contribution in [2.45, 2.75) is 29.2 Å². The molecule has 0 bridgehead atoms. The van der Waals surface area contributed by atoms with Crippen LogP contribution in [0.5, 0.6) is 0 Å². The molecule has 118 valence electrons. The molecule has 8 heteroatoms. The van der Waals surface area contributed by atoms with E-state index in [1.54, 1.807) is 0 Å². The number of piperidine rings is 1. The lowest BCUT2D eigenvalue weighted by atomic mass is 9.96. The zero-order valence-corrected chi connectivity index (χ0v) is 13.7. The molecular formula is C13H20N2O4S2. The van der Waals surface area contributed by atoms with Gasteiger partial charge >= 0.3 is 0 Å². The van der Waals surface area contributed by atoms with E-state index in [0.717, 1.165) is 12.7 Å². The Hall–Kier alpha value is -0.960. The minimum atomic E-state index is -3.62. The highest BCUT2D eigenvalue weighted by Gasteiger charge is 2.32. The number of nitrogens with zero attached hydrogens (tertiary/aromatic N) is 1. The molecule has 0 saturated carbocycles. The maximum atomic E-state index is 12.5. The van der Waals surface area contributed by atoms with Crippen molar-refractivity contribution in [2.75, 3.05) is 19.3 Å². The van der Waals surface area contributed by atoms with Crippen LogP contribution in [0.25, 0.3) is 0 Å². The van der Waals surface area contributed by atoms with E-state index in [9.17, 15) is 16.8 Å². The Morgan fingerprint density at radius 1 is 1.10 bits per heavy atom. The second-order valence-electron chi connectivity index (χ2n) is 5.54. The van der Waals surface area contributed by atoms with Gasteiger partial charge in [-0.15, -0.1) is 0 Å². The van der Waals surface area contributed by atoms with Crippen LogP contribution in [-0.4, -0.2) is 46.5 Å². The molecule has 1 aromatic carbocycles. The van der Waals surface area contributed by atoms with Gasteiger partial charge in [-0.1, -0.05) is 6.92 Å². The number of hydrogen-bond donors (Lipinski definition) is 1. The Kier molecular flexibility index (Phi) is 4.44. The number of benzene rings is 1. The fraction of sp³-hybridized carbons (Fsp3) is 0.538. The Bertz CT molecular complexity index is 711. The summed E-state index contributed by atoms with van der Waals surface area (Å²) in [6, 6.07) is 5.11. The fourth-order valence-electron chi connectivity index (χ4n) is 2.29. The van der Waals surface area contributed by atoms with Gasteiger partial charge in [0.2, 0.25) is 10.0 Å². The van der Waals surface area contributed by atoms with E-state index in [1.165, 1.54) is 28.6 Å². The molecule has 1 fully saturated rings. The normalized spacial score (nSPS) is 24.9. The number of nitrogens with two attached hydrogens (primary N) is 1. The first kappa shape index (κ1) is 16.4. The van der Waals surface area contributed by atoms with Gasteiger partial charge in [0, 0.05) is 25.4 Å². The first-order chi connectivity index (χ1) is 9.62. The maximum Gasteiger partial charge on any atom is 0.243 e. The minimum absolute atomic E-state index is 0.0941. The second kappa shape index (κ2) is 5.68. The van der Waals surface area contributed by atoms with Crippen molar-refractivity contribution < 1.29 is 16.8 Å². The molecule has 0 radical (unpaired) electrons. The lowest BCUT2D eigenvalue weighted by Crippen LogP contribution is -2.49. The van der Waals surface area contributed by atoms with Crippen LogP contribution in [0, 0.1) is 5.92 Å². The highest BCUT2D eigenvalue weighted by molar-refractivity contribution is 7.90. The lowest BCUT2D eigenvalue weighted by molar-refractivity contribution is 0.253. The van der Waals surface area contributed by atoms with Crippen LogP contribution >= 0.6 is 0 Å². The van der Waals surface area contributed by atoms with E-state index >= 15 is 0 Å². The second-order valence-corrected chi connectivity index (χ2v) is 9.49. The summed E-state index contributed by atoms with van der Waals surface area (Å²) in [5.74, 6) is 0.295. The molecular weight excluding hydrogens is 312 g/mol. The topological polar surface area (TPSA) is 97.5 Å². The lowest BCUT2D eigenvalue weighted by Gasteiger charge is -2.34. The highest BCUT2D eigenvalue weighted by Crippen LogP contribution is 2.23. The third-order valence-electron chi connectivity index (χ3n) is 3.87. The first-order valence-corrected chi connectivity index (χ1v) is 10.0. The molecule has 21 heavy (non-hydrogen) atoms. The van der Waals surface area contributed by atoms with Crippen LogP contribution in [0.1, 0.15) is 13.3 Å². The van der Waals surface area contributed by atoms with Crippen molar-refractivity contribution in [2.24, 2.45) is 11.7 Å². The van der Waals surface area contributed by atoms with Crippen LogP contribution in [-0.2, 0) is 19.9 Å². The molecule has 1 saturated heterocycles. The van der Waals surface area contributed by atoms with Gasteiger partial charge in [-0.3, -0.25) is 0 Å². The molecule has 0 aliphatic carbocycles. The molecule has 0 amide bonds. The average molecular weight is 332 g/mol. The molecule has 2 atom stereocenters. The fourth-order valence-corrected chi connectivity index (χ4v) is 4.42. The van der Waals surface area contributed by atoms with Crippen LogP contribution in [0.4, 0.5) is 0 Å². The summed E-state index contributed by atoms with van der Waals surface area (Å²) >= 11 is 0. The van der Waals surface area contributed by atoms with Gasteiger partial charge in [0.25, 0.3) is 0 Å². The van der Waals surface area contributed by atoms with Crippen LogP contribution in [0.3, 0.4) is 0 Å². The van der Waals surface area contributed by atoms with Crippen molar-refractivity contribution >= 4 is 19.9 Å². The number of sulfone groups is 1. The van der Waals surface area contributed by atoms with Crippen LogP contribution < -0.4 is 5.73 Å². The standard InChI is InChI=1S/C13H20N2O4S2/c1-10-7-8-15(9-13(10)14)21(18,19)12-5-3-11(4-6-12)20(2,16)17/h3-6,10,13H,7-9,14H2,1-2H3. The minimum Gasteiger partial charge on any atom is -0.326 e. The van der Waals surface area contributed by atoms with Crippen molar-refractivity contribution in [1.29, 1.82) is 0 Å². The molecule has 2 rings (SSSR count). The van der Waals surface area contributed by atoms with E-state index in [-0.39, 0.29) is 22.4 Å². The Balaban J connectivity index is 2.28. The summed E-state index contributed by atoms with van der Waals surface area (Å²) in [5, 5.41) is 0. The molecule has 6 nitrogen and oxygen atoms in total. The zero-order valence-electron chi connectivity index (χ0n) is 12.1. The molecule has 2 unspecified atom stereocenters. The zero-order chi connectivity index (χ0) is 15.8. The molecule has 1 aromatic rings. The summed E-state index contributed by atoms with van der Waals surface area (Å²) in [6.45, 7) is 2.73.